The molecule has 0 aliphatic carbocycles. The van der Waals surface area contributed by atoms with Gasteiger partial charge in [0.25, 0.3) is 0 Å². The number of hydrogen-bond acceptors (Lipinski definition) is 2. The van der Waals surface area contributed by atoms with Gasteiger partial charge in [-0.1, -0.05) is 11.6 Å². The van der Waals surface area contributed by atoms with Crippen LogP contribution in [0.4, 0.5) is 0 Å². The van der Waals surface area contributed by atoms with E-state index >= 15 is 0 Å². The molecule has 0 saturated heterocycles. The lowest BCUT2D eigenvalue weighted by molar-refractivity contribution is 0.112. The van der Waals surface area contributed by atoms with E-state index in [4.69, 9.17) is 16.7 Å². The average Bonchev–Trinajstić information content (AvgIpc) is 1.97. The molecule has 0 aliphatic heterocycles. The molecule has 0 fully saturated rings. The Labute approximate surface area is 69.4 Å². The molecule has 11 heavy (non-hydrogen) atoms. The number of carbonyl (C=O) groups is 1. The van der Waals surface area contributed by atoms with Crippen molar-refractivity contribution < 1.29 is 9.90 Å². The molecule has 1 aromatic carbocycles. The molecule has 1 rings (SSSR count). The zero-order valence-electron chi connectivity index (χ0n) is 5.97. The Bertz CT molecular complexity index is 294. The van der Waals surface area contributed by atoms with Crippen molar-refractivity contribution in [1.29, 1.82) is 0 Å². The molecule has 0 spiro atoms. The Morgan fingerprint density at radius 3 is 2.73 bits per heavy atom. The minimum Gasteiger partial charge on any atom is -0.506 e. The van der Waals surface area contributed by atoms with Gasteiger partial charge in [-0.05, 0) is 24.6 Å². The lowest BCUT2D eigenvalue weighted by atomic mass is 10.1. The first-order valence-electron chi connectivity index (χ1n) is 3.09. The molecule has 0 amide bonds. The summed E-state index contributed by atoms with van der Waals surface area (Å²) in [5, 5.41) is 9.28. The van der Waals surface area contributed by atoms with Crippen molar-refractivity contribution in [2.45, 2.75) is 6.92 Å². The van der Waals surface area contributed by atoms with E-state index in [9.17, 15) is 4.79 Å². The molecule has 0 aromatic heterocycles. The largest absolute Gasteiger partial charge is 0.506 e. The third-order valence-corrected chi connectivity index (χ3v) is 1.77. The number of aromatic hydroxyl groups is 1. The first-order chi connectivity index (χ1) is 5.15. The molecule has 2 nitrogen and oxygen atoms in total. The molecule has 3 heteroatoms. The van der Waals surface area contributed by atoms with Crippen LogP contribution in [-0.2, 0) is 0 Å². The third kappa shape index (κ3) is 1.52. The Morgan fingerprint density at radius 1 is 1.55 bits per heavy atom. The quantitative estimate of drug-likeness (QED) is 0.656. The zero-order valence-corrected chi connectivity index (χ0v) is 6.72. The van der Waals surface area contributed by atoms with Crippen LogP contribution in [0.1, 0.15) is 15.9 Å². The highest BCUT2D eigenvalue weighted by molar-refractivity contribution is 6.32. The molecule has 0 aliphatic rings. The zero-order chi connectivity index (χ0) is 8.43. The average molecular weight is 171 g/mol. The van der Waals surface area contributed by atoms with Crippen LogP contribution in [0.3, 0.4) is 0 Å². The maximum atomic E-state index is 10.4. The molecule has 58 valence electrons. The third-order valence-electron chi connectivity index (χ3n) is 1.46. The summed E-state index contributed by atoms with van der Waals surface area (Å²) in [6.07, 6.45) is 0.709. The van der Waals surface area contributed by atoms with Crippen LogP contribution in [0.15, 0.2) is 12.1 Å². The van der Waals surface area contributed by atoms with Crippen molar-refractivity contribution in [1.82, 2.24) is 0 Å². The number of rotatable bonds is 1. The van der Waals surface area contributed by atoms with Gasteiger partial charge >= 0.3 is 0 Å². The van der Waals surface area contributed by atoms with Gasteiger partial charge in [-0.15, -0.1) is 0 Å². The predicted molar refractivity (Wildman–Crippen MR) is 43.2 cm³/mol. The first kappa shape index (κ1) is 8.08. The minimum absolute atomic E-state index is 0.00904. The number of aryl methyl sites for hydroxylation is 1. The van der Waals surface area contributed by atoms with E-state index in [-0.39, 0.29) is 10.8 Å². The predicted octanol–water partition coefficient (Wildman–Crippen LogP) is 2.17. The van der Waals surface area contributed by atoms with Gasteiger partial charge < -0.3 is 5.11 Å². The molecule has 1 N–H and O–H groups in total. The highest BCUT2D eigenvalue weighted by atomic mass is 35.5. The minimum atomic E-state index is 0.00904. The Balaban J connectivity index is 3.31. The fourth-order valence-corrected chi connectivity index (χ4v) is 0.981. The van der Waals surface area contributed by atoms with Gasteiger partial charge in [-0.2, -0.15) is 0 Å². The number of hydrogen-bond donors (Lipinski definition) is 1. The summed E-state index contributed by atoms with van der Waals surface area (Å²) >= 11 is 5.56. The summed E-state index contributed by atoms with van der Waals surface area (Å²) in [5.74, 6) is 0.00904. The summed E-state index contributed by atoms with van der Waals surface area (Å²) in [4.78, 5) is 10.4. The molecular weight excluding hydrogens is 164 g/mol. The second-order valence-corrected chi connectivity index (χ2v) is 2.69. The number of benzene rings is 1. The van der Waals surface area contributed by atoms with E-state index in [1.165, 1.54) is 12.1 Å². The van der Waals surface area contributed by atoms with Crippen molar-refractivity contribution in [3.05, 3.63) is 28.3 Å². The van der Waals surface area contributed by atoms with Gasteiger partial charge in [0.15, 0.2) is 0 Å². The first-order valence-corrected chi connectivity index (χ1v) is 3.47. The van der Waals surface area contributed by atoms with Crippen LogP contribution in [0.5, 0.6) is 5.75 Å². The van der Waals surface area contributed by atoms with Crippen LogP contribution in [0, 0.1) is 6.92 Å². The van der Waals surface area contributed by atoms with Crippen LogP contribution in [0.25, 0.3) is 0 Å². The molecular formula is C8H7ClO2. The van der Waals surface area contributed by atoms with E-state index in [2.05, 4.69) is 0 Å². The van der Waals surface area contributed by atoms with Crippen molar-refractivity contribution in [2.24, 2.45) is 0 Å². The molecule has 1 aromatic rings. The molecule has 0 atom stereocenters. The molecule has 0 heterocycles. The van der Waals surface area contributed by atoms with Crippen molar-refractivity contribution in [3.8, 4) is 5.75 Å². The lowest BCUT2D eigenvalue weighted by Crippen LogP contribution is -1.85. The molecule has 0 saturated carbocycles. The summed E-state index contributed by atoms with van der Waals surface area (Å²) in [6, 6.07) is 2.91. The topological polar surface area (TPSA) is 37.3 Å². The molecule has 0 radical (unpaired) electrons. The van der Waals surface area contributed by atoms with Crippen LogP contribution < -0.4 is 0 Å². The van der Waals surface area contributed by atoms with Gasteiger partial charge in [0.05, 0.1) is 5.02 Å². The highest BCUT2D eigenvalue weighted by Crippen LogP contribution is 2.25. The summed E-state index contributed by atoms with van der Waals surface area (Å²) < 4.78 is 0. The van der Waals surface area contributed by atoms with Gasteiger partial charge in [-0.3, -0.25) is 4.79 Å². The monoisotopic (exact) mass is 170 g/mol. The lowest BCUT2D eigenvalue weighted by Gasteiger charge is -2.00. The second kappa shape index (κ2) is 2.93. The number of phenolic OH excluding ortho intramolecular Hbond substituents is 1. The highest BCUT2D eigenvalue weighted by Gasteiger charge is 2.02. The summed E-state index contributed by atoms with van der Waals surface area (Å²) in [7, 11) is 0. The SMILES string of the molecule is Cc1cc(O)c(Cl)cc1C=O. The number of carbonyl (C=O) groups excluding carboxylic acids is 1. The van der Waals surface area contributed by atoms with Gasteiger partial charge in [0.2, 0.25) is 0 Å². The van der Waals surface area contributed by atoms with Crippen LogP contribution in [0.2, 0.25) is 5.02 Å². The smallest absolute Gasteiger partial charge is 0.150 e. The van der Waals surface area contributed by atoms with Crippen LogP contribution in [-0.4, -0.2) is 11.4 Å². The summed E-state index contributed by atoms with van der Waals surface area (Å²) in [5.41, 5.74) is 1.23. The van der Waals surface area contributed by atoms with E-state index in [0.29, 0.717) is 11.8 Å². The number of halogens is 1. The Morgan fingerprint density at radius 2 is 2.18 bits per heavy atom. The fraction of sp³-hybridized carbons (Fsp3) is 0.125. The Hall–Kier alpha value is -1.02. The number of aldehydes is 1. The van der Waals surface area contributed by atoms with Gasteiger partial charge in [0, 0.05) is 5.56 Å². The van der Waals surface area contributed by atoms with E-state index in [1.54, 1.807) is 6.92 Å². The van der Waals surface area contributed by atoms with Crippen molar-refractivity contribution in [3.63, 3.8) is 0 Å². The van der Waals surface area contributed by atoms with Crippen molar-refractivity contribution in [2.75, 3.05) is 0 Å². The standard InChI is InChI=1S/C8H7ClO2/c1-5-2-8(11)7(9)3-6(5)4-10/h2-4,11H,1H3. The Kier molecular flexibility index (Phi) is 2.15. The second-order valence-electron chi connectivity index (χ2n) is 2.28. The molecule has 0 unspecified atom stereocenters. The van der Waals surface area contributed by atoms with Crippen molar-refractivity contribution >= 4 is 17.9 Å². The van der Waals surface area contributed by atoms with E-state index in [1.807, 2.05) is 0 Å². The van der Waals surface area contributed by atoms with Gasteiger partial charge in [0.1, 0.15) is 12.0 Å². The normalized spacial score (nSPS) is 9.64. The molecule has 0 bridgehead atoms. The van der Waals surface area contributed by atoms with Gasteiger partial charge in [-0.25, -0.2) is 0 Å². The number of phenols is 1. The maximum Gasteiger partial charge on any atom is 0.150 e. The fourth-order valence-electron chi connectivity index (χ4n) is 0.809. The maximum absolute atomic E-state index is 10.4. The van der Waals surface area contributed by atoms with E-state index in [0.717, 1.165) is 5.56 Å². The summed E-state index contributed by atoms with van der Waals surface area (Å²) in [6.45, 7) is 1.74. The van der Waals surface area contributed by atoms with E-state index < -0.39 is 0 Å². The van der Waals surface area contributed by atoms with Crippen LogP contribution >= 0.6 is 11.6 Å².